The first-order chi connectivity index (χ1) is 12.0. The Balaban J connectivity index is 2.04. The van der Waals surface area contributed by atoms with Crippen molar-refractivity contribution in [3.63, 3.8) is 0 Å². The van der Waals surface area contributed by atoms with E-state index >= 15 is 0 Å². The Morgan fingerprint density at radius 1 is 1.08 bits per heavy atom. The summed E-state index contributed by atoms with van der Waals surface area (Å²) in [6.07, 6.45) is 0. The summed E-state index contributed by atoms with van der Waals surface area (Å²) in [4.78, 5) is 10.9. The fourth-order valence-corrected chi connectivity index (χ4v) is 2.25. The lowest BCUT2D eigenvalue weighted by Crippen LogP contribution is -2.33. The van der Waals surface area contributed by atoms with E-state index in [4.69, 9.17) is 14.6 Å². The van der Waals surface area contributed by atoms with E-state index in [9.17, 15) is 4.79 Å². The molecule has 2 rings (SSSR count). The summed E-state index contributed by atoms with van der Waals surface area (Å²) in [7, 11) is 0. The molecule has 0 bridgehead atoms. The highest BCUT2D eigenvalue weighted by atomic mass is 16.5. The molecule has 0 spiro atoms. The predicted octanol–water partition coefficient (Wildman–Crippen LogP) is 3.54. The molecule has 5 nitrogen and oxygen atoms in total. The zero-order valence-electron chi connectivity index (χ0n) is 14.9. The lowest BCUT2D eigenvalue weighted by molar-refractivity contribution is -0.139. The maximum Gasteiger partial charge on any atom is 0.320 e. The van der Waals surface area contributed by atoms with Crippen molar-refractivity contribution in [2.75, 3.05) is 6.61 Å². The van der Waals surface area contributed by atoms with E-state index in [0.717, 1.165) is 11.1 Å². The Morgan fingerprint density at radius 3 is 2.40 bits per heavy atom. The minimum atomic E-state index is -0.872. The van der Waals surface area contributed by atoms with Crippen LogP contribution in [0.5, 0.6) is 11.5 Å². The third-order valence-electron chi connectivity index (χ3n) is 3.81. The lowest BCUT2D eigenvalue weighted by atomic mass is 10.1. The third kappa shape index (κ3) is 5.80. The van der Waals surface area contributed by atoms with Gasteiger partial charge < -0.3 is 19.9 Å². The standard InChI is InChI=1S/C20H25NO4/c1-4-24-19-11-17(12-21-15(3)20(22)23)9-10-18(19)25-13-16-7-5-14(2)6-8-16/h5-11,15,21H,4,12-13H2,1-3H3,(H,22,23). The number of ether oxygens (including phenoxy) is 2. The van der Waals surface area contributed by atoms with E-state index < -0.39 is 12.0 Å². The van der Waals surface area contributed by atoms with Crippen LogP contribution in [0.3, 0.4) is 0 Å². The normalized spacial score (nSPS) is 11.8. The quantitative estimate of drug-likeness (QED) is 0.729. The molecule has 0 aliphatic rings. The molecule has 0 aliphatic carbocycles. The number of carbonyl (C=O) groups is 1. The number of rotatable bonds is 9. The highest BCUT2D eigenvalue weighted by molar-refractivity contribution is 5.72. The van der Waals surface area contributed by atoms with Crippen LogP contribution in [0.1, 0.15) is 30.5 Å². The van der Waals surface area contributed by atoms with Crippen LogP contribution < -0.4 is 14.8 Å². The SMILES string of the molecule is CCOc1cc(CNC(C)C(=O)O)ccc1OCc1ccc(C)cc1. The van der Waals surface area contributed by atoms with Crippen molar-refractivity contribution >= 4 is 5.97 Å². The lowest BCUT2D eigenvalue weighted by Gasteiger charge is -2.15. The molecule has 0 saturated heterocycles. The zero-order valence-corrected chi connectivity index (χ0v) is 14.9. The van der Waals surface area contributed by atoms with Crippen molar-refractivity contribution in [3.05, 3.63) is 59.2 Å². The Kier molecular flexibility index (Phi) is 6.83. The first kappa shape index (κ1) is 18.8. The average Bonchev–Trinajstić information content (AvgIpc) is 2.60. The van der Waals surface area contributed by atoms with Gasteiger partial charge in [-0.1, -0.05) is 35.9 Å². The van der Waals surface area contributed by atoms with E-state index in [-0.39, 0.29) is 0 Å². The summed E-state index contributed by atoms with van der Waals surface area (Å²) >= 11 is 0. The van der Waals surface area contributed by atoms with E-state index in [0.29, 0.717) is 31.3 Å². The molecule has 2 aromatic rings. The summed E-state index contributed by atoms with van der Waals surface area (Å²) in [5, 5.41) is 11.9. The minimum Gasteiger partial charge on any atom is -0.490 e. The zero-order chi connectivity index (χ0) is 18.2. The average molecular weight is 343 g/mol. The molecule has 1 atom stereocenters. The fraction of sp³-hybridized carbons (Fsp3) is 0.350. The van der Waals surface area contributed by atoms with E-state index in [1.54, 1.807) is 6.92 Å². The molecule has 2 N–H and O–H groups in total. The highest BCUT2D eigenvalue weighted by Gasteiger charge is 2.11. The molecule has 1 unspecified atom stereocenters. The molecule has 0 amide bonds. The van der Waals surface area contributed by atoms with Crippen molar-refractivity contribution in [1.82, 2.24) is 5.32 Å². The summed E-state index contributed by atoms with van der Waals surface area (Å²) in [5.41, 5.74) is 3.25. The fourth-order valence-electron chi connectivity index (χ4n) is 2.25. The van der Waals surface area contributed by atoms with Gasteiger partial charge >= 0.3 is 5.97 Å². The maximum atomic E-state index is 10.9. The van der Waals surface area contributed by atoms with Crippen molar-refractivity contribution in [3.8, 4) is 11.5 Å². The highest BCUT2D eigenvalue weighted by Crippen LogP contribution is 2.29. The molecule has 25 heavy (non-hydrogen) atoms. The first-order valence-electron chi connectivity index (χ1n) is 8.40. The molecule has 0 radical (unpaired) electrons. The molecule has 5 heteroatoms. The second-order valence-electron chi connectivity index (χ2n) is 5.93. The van der Waals surface area contributed by atoms with Gasteiger partial charge in [-0.05, 0) is 44.0 Å². The van der Waals surface area contributed by atoms with Gasteiger partial charge in [-0.2, -0.15) is 0 Å². The molecular weight excluding hydrogens is 318 g/mol. The van der Waals surface area contributed by atoms with Crippen LogP contribution in [0.25, 0.3) is 0 Å². The number of benzene rings is 2. The second kappa shape index (κ2) is 9.08. The number of hydrogen-bond donors (Lipinski definition) is 2. The van der Waals surface area contributed by atoms with Crippen molar-refractivity contribution in [2.24, 2.45) is 0 Å². The molecule has 0 aromatic heterocycles. The van der Waals surface area contributed by atoms with Gasteiger partial charge in [0.15, 0.2) is 11.5 Å². The maximum absolute atomic E-state index is 10.9. The monoisotopic (exact) mass is 343 g/mol. The molecule has 0 heterocycles. The van der Waals surface area contributed by atoms with Gasteiger partial charge in [-0.3, -0.25) is 4.79 Å². The predicted molar refractivity (Wildman–Crippen MR) is 97.1 cm³/mol. The summed E-state index contributed by atoms with van der Waals surface area (Å²) in [6.45, 7) is 7.03. The Labute approximate surface area is 148 Å². The van der Waals surface area contributed by atoms with Crippen LogP contribution in [0, 0.1) is 6.92 Å². The van der Waals surface area contributed by atoms with Gasteiger partial charge in [0.2, 0.25) is 0 Å². The second-order valence-corrected chi connectivity index (χ2v) is 5.93. The number of carboxylic acids is 1. The van der Waals surface area contributed by atoms with Crippen LogP contribution in [0.15, 0.2) is 42.5 Å². The van der Waals surface area contributed by atoms with Crippen molar-refractivity contribution < 1.29 is 19.4 Å². The van der Waals surface area contributed by atoms with Crippen LogP contribution >= 0.6 is 0 Å². The van der Waals surface area contributed by atoms with E-state index in [1.165, 1.54) is 5.56 Å². The van der Waals surface area contributed by atoms with Crippen molar-refractivity contribution in [2.45, 2.75) is 40.0 Å². The molecule has 0 fully saturated rings. The smallest absolute Gasteiger partial charge is 0.320 e. The largest absolute Gasteiger partial charge is 0.490 e. The van der Waals surface area contributed by atoms with Gasteiger partial charge in [0.05, 0.1) is 6.61 Å². The van der Waals surface area contributed by atoms with E-state index in [2.05, 4.69) is 24.4 Å². The van der Waals surface area contributed by atoms with Gasteiger partial charge in [-0.25, -0.2) is 0 Å². The molecular formula is C20H25NO4. The summed E-state index contributed by atoms with van der Waals surface area (Å²) < 4.78 is 11.6. The summed E-state index contributed by atoms with van der Waals surface area (Å²) in [6, 6.07) is 13.3. The Morgan fingerprint density at radius 2 is 1.76 bits per heavy atom. The molecule has 0 aliphatic heterocycles. The number of carboxylic acid groups (broad SMARTS) is 1. The van der Waals surface area contributed by atoms with Crippen molar-refractivity contribution in [1.29, 1.82) is 0 Å². The topological polar surface area (TPSA) is 67.8 Å². The van der Waals surface area contributed by atoms with Gasteiger partial charge in [0, 0.05) is 6.54 Å². The third-order valence-corrected chi connectivity index (χ3v) is 3.81. The van der Waals surface area contributed by atoms with Crippen LogP contribution in [0.2, 0.25) is 0 Å². The number of nitrogens with one attached hydrogen (secondary N) is 1. The molecule has 2 aromatic carbocycles. The van der Waals surface area contributed by atoms with E-state index in [1.807, 2.05) is 37.3 Å². The molecule has 134 valence electrons. The molecule has 0 saturated carbocycles. The number of hydrogen-bond acceptors (Lipinski definition) is 4. The number of aryl methyl sites for hydroxylation is 1. The van der Waals surface area contributed by atoms with Crippen LogP contribution in [-0.4, -0.2) is 23.7 Å². The first-order valence-corrected chi connectivity index (χ1v) is 8.40. The van der Waals surface area contributed by atoms with Gasteiger partial charge in [0.1, 0.15) is 12.6 Å². The van der Waals surface area contributed by atoms with Gasteiger partial charge in [-0.15, -0.1) is 0 Å². The minimum absolute atomic E-state index is 0.450. The Bertz CT molecular complexity index is 697. The Hall–Kier alpha value is -2.53. The number of aliphatic carboxylic acids is 1. The van der Waals surface area contributed by atoms with Crippen LogP contribution in [-0.2, 0) is 17.9 Å². The van der Waals surface area contributed by atoms with Gasteiger partial charge in [0.25, 0.3) is 0 Å². The summed E-state index contributed by atoms with van der Waals surface area (Å²) in [5.74, 6) is 0.470. The van der Waals surface area contributed by atoms with Crippen LogP contribution in [0.4, 0.5) is 0 Å².